The van der Waals surface area contributed by atoms with Crippen molar-refractivity contribution in [1.29, 1.82) is 0 Å². The highest BCUT2D eigenvalue weighted by molar-refractivity contribution is 5.82. The first-order valence-corrected chi connectivity index (χ1v) is 6.86. The minimum Gasteiger partial charge on any atom is -0.366 e. The Morgan fingerprint density at radius 1 is 1.42 bits per heavy atom. The molecule has 1 unspecified atom stereocenters. The summed E-state index contributed by atoms with van der Waals surface area (Å²) < 4.78 is 5.57. The molecule has 1 atom stereocenters. The van der Waals surface area contributed by atoms with E-state index in [-0.39, 0.29) is 12.0 Å². The van der Waals surface area contributed by atoms with Crippen LogP contribution in [0.3, 0.4) is 0 Å². The summed E-state index contributed by atoms with van der Waals surface area (Å²) in [6.45, 7) is 2.73. The van der Waals surface area contributed by atoms with Crippen molar-refractivity contribution in [3.63, 3.8) is 0 Å². The van der Waals surface area contributed by atoms with E-state index in [1.54, 1.807) is 12.4 Å². The van der Waals surface area contributed by atoms with E-state index in [9.17, 15) is 4.79 Å². The normalized spacial score (nSPS) is 23.1. The number of carbonyl (C=O) groups is 1. The summed E-state index contributed by atoms with van der Waals surface area (Å²) in [7, 11) is 0. The van der Waals surface area contributed by atoms with Gasteiger partial charge < -0.3 is 15.0 Å². The maximum Gasteiger partial charge on any atom is 0.253 e. The molecule has 102 valence electrons. The van der Waals surface area contributed by atoms with Gasteiger partial charge in [0.2, 0.25) is 0 Å². The average Bonchev–Trinajstić information content (AvgIpc) is 3.31. The maximum absolute atomic E-state index is 12.5. The summed E-state index contributed by atoms with van der Waals surface area (Å²) in [5.74, 6) is 0.117. The number of rotatable bonds is 4. The van der Waals surface area contributed by atoms with Crippen LogP contribution in [0.4, 0.5) is 0 Å². The molecule has 1 aromatic heterocycles. The first-order chi connectivity index (χ1) is 9.34. The summed E-state index contributed by atoms with van der Waals surface area (Å²) in [5, 5.41) is 3.21. The fourth-order valence-electron chi connectivity index (χ4n) is 2.37. The maximum atomic E-state index is 12.5. The van der Waals surface area contributed by atoms with Crippen molar-refractivity contribution in [1.82, 2.24) is 15.2 Å². The van der Waals surface area contributed by atoms with Crippen molar-refractivity contribution in [3.05, 3.63) is 30.1 Å². The highest BCUT2D eigenvalue weighted by Gasteiger charge is 2.36. The second kappa shape index (κ2) is 5.67. The Kier molecular flexibility index (Phi) is 3.75. The quantitative estimate of drug-likeness (QED) is 0.860. The molecule has 19 heavy (non-hydrogen) atoms. The summed E-state index contributed by atoms with van der Waals surface area (Å²) >= 11 is 0. The zero-order valence-electron chi connectivity index (χ0n) is 10.9. The number of hydrogen-bond acceptors (Lipinski definition) is 4. The van der Waals surface area contributed by atoms with Gasteiger partial charge in [-0.05, 0) is 30.5 Å². The van der Waals surface area contributed by atoms with Gasteiger partial charge in [-0.25, -0.2) is 0 Å². The number of pyridine rings is 1. The van der Waals surface area contributed by atoms with Gasteiger partial charge in [-0.3, -0.25) is 9.78 Å². The molecule has 1 saturated carbocycles. The lowest BCUT2D eigenvalue weighted by atomic mass is 10.2. The summed E-state index contributed by atoms with van der Waals surface area (Å²) in [4.78, 5) is 18.5. The van der Waals surface area contributed by atoms with E-state index in [0.29, 0.717) is 25.7 Å². The van der Waals surface area contributed by atoms with Gasteiger partial charge in [0.05, 0.1) is 6.61 Å². The van der Waals surface area contributed by atoms with Crippen LogP contribution in [0, 0.1) is 0 Å². The zero-order valence-corrected chi connectivity index (χ0v) is 10.9. The molecular weight excluding hydrogens is 242 g/mol. The molecule has 1 aromatic rings. The van der Waals surface area contributed by atoms with Gasteiger partial charge >= 0.3 is 0 Å². The third-order valence-corrected chi connectivity index (χ3v) is 3.58. The lowest BCUT2D eigenvalue weighted by molar-refractivity contribution is -0.146. The smallest absolute Gasteiger partial charge is 0.253 e. The molecular formula is C14H19N3O2. The standard InChI is InChI=1S/C14H19N3O2/c18-14(13-9-16-7-8-19-13)17(12-1-2-12)10-11-3-5-15-6-4-11/h3-6,12-13,16H,1-2,7-10H2. The molecule has 0 spiro atoms. The Morgan fingerprint density at radius 2 is 2.21 bits per heavy atom. The van der Waals surface area contributed by atoms with Crippen LogP contribution in [0.2, 0.25) is 0 Å². The summed E-state index contributed by atoms with van der Waals surface area (Å²) in [5.41, 5.74) is 1.12. The van der Waals surface area contributed by atoms with Crippen molar-refractivity contribution < 1.29 is 9.53 Å². The van der Waals surface area contributed by atoms with E-state index >= 15 is 0 Å². The Labute approximate surface area is 113 Å². The predicted octanol–water partition coefficient (Wildman–Crippen LogP) is 0.561. The minimum atomic E-state index is -0.323. The molecule has 1 saturated heterocycles. The van der Waals surface area contributed by atoms with Crippen molar-refractivity contribution >= 4 is 5.91 Å². The number of amides is 1. The fraction of sp³-hybridized carbons (Fsp3) is 0.571. The van der Waals surface area contributed by atoms with Gasteiger partial charge in [-0.2, -0.15) is 0 Å². The Morgan fingerprint density at radius 3 is 2.84 bits per heavy atom. The van der Waals surface area contributed by atoms with Gasteiger partial charge in [0.15, 0.2) is 0 Å². The van der Waals surface area contributed by atoms with Crippen LogP contribution in [0.25, 0.3) is 0 Å². The molecule has 3 rings (SSSR count). The number of carbonyl (C=O) groups excluding carboxylic acids is 1. The van der Waals surface area contributed by atoms with E-state index in [1.807, 2.05) is 17.0 Å². The van der Waals surface area contributed by atoms with E-state index in [1.165, 1.54) is 0 Å². The van der Waals surface area contributed by atoms with E-state index < -0.39 is 0 Å². The molecule has 1 aliphatic carbocycles. The van der Waals surface area contributed by atoms with Crippen LogP contribution in [0.15, 0.2) is 24.5 Å². The largest absolute Gasteiger partial charge is 0.366 e. The van der Waals surface area contributed by atoms with Crippen molar-refractivity contribution in [2.24, 2.45) is 0 Å². The molecule has 1 amide bonds. The molecule has 2 aliphatic rings. The lowest BCUT2D eigenvalue weighted by Crippen LogP contribution is -2.49. The molecule has 2 fully saturated rings. The van der Waals surface area contributed by atoms with Crippen LogP contribution < -0.4 is 5.32 Å². The van der Waals surface area contributed by atoms with Crippen LogP contribution in [0.1, 0.15) is 18.4 Å². The molecule has 0 bridgehead atoms. The predicted molar refractivity (Wildman–Crippen MR) is 70.4 cm³/mol. The van der Waals surface area contributed by atoms with Crippen LogP contribution in [-0.2, 0) is 16.1 Å². The lowest BCUT2D eigenvalue weighted by Gasteiger charge is -2.30. The fourth-order valence-corrected chi connectivity index (χ4v) is 2.37. The summed E-state index contributed by atoms with van der Waals surface area (Å²) in [6, 6.07) is 4.32. The number of ether oxygens (including phenoxy) is 1. The number of nitrogens with one attached hydrogen (secondary N) is 1. The Balaban J connectivity index is 1.68. The molecule has 5 nitrogen and oxygen atoms in total. The van der Waals surface area contributed by atoms with Gasteiger partial charge in [0.1, 0.15) is 6.10 Å². The molecule has 1 aliphatic heterocycles. The first kappa shape index (κ1) is 12.6. The number of nitrogens with zero attached hydrogens (tertiary/aromatic N) is 2. The third-order valence-electron chi connectivity index (χ3n) is 3.58. The van der Waals surface area contributed by atoms with Crippen LogP contribution in [0.5, 0.6) is 0 Å². The zero-order chi connectivity index (χ0) is 13.1. The summed E-state index contributed by atoms with van der Waals surface area (Å²) in [6.07, 6.45) is 5.43. The third kappa shape index (κ3) is 3.11. The molecule has 1 N–H and O–H groups in total. The van der Waals surface area contributed by atoms with E-state index in [2.05, 4.69) is 10.3 Å². The Hall–Kier alpha value is -1.46. The van der Waals surface area contributed by atoms with Gasteiger partial charge in [0, 0.05) is 38.1 Å². The van der Waals surface area contributed by atoms with Crippen molar-refractivity contribution in [2.75, 3.05) is 19.7 Å². The van der Waals surface area contributed by atoms with Crippen molar-refractivity contribution in [2.45, 2.75) is 31.5 Å². The Bertz CT molecular complexity index is 428. The number of hydrogen-bond donors (Lipinski definition) is 1. The monoisotopic (exact) mass is 261 g/mol. The second-order valence-corrected chi connectivity index (χ2v) is 5.12. The minimum absolute atomic E-state index is 0.117. The van der Waals surface area contributed by atoms with Gasteiger partial charge in [-0.1, -0.05) is 0 Å². The molecule has 5 heteroatoms. The topological polar surface area (TPSA) is 54.5 Å². The van der Waals surface area contributed by atoms with E-state index in [4.69, 9.17) is 4.74 Å². The highest BCUT2D eigenvalue weighted by atomic mass is 16.5. The molecule has 0 aromatic carbocycles. The molecule has 0 radical (unpaired) electrons. The number of morpholine rings is 1. The second-order valence-electron chi connectivity index (χ2n) is 5.12. The average molecular weight is 261 g/mol. The first-order valence-electron chi connectivity index (χ1n) is 6.86. The van der Waals surface area contributed by atoms with Crippen LogP contribution >= 0.6 is 0 Å². The van der Waals surface area contributed by atoms with Gasteiger partial charge in [0.25, 0.3) is 5.91 Å². The van der Waals surface area contributed by atoms with Gasteiger partial charge in [-0.15, -0.1) is 0 Å². The highest BCUT2D eigenvalue weighted by Crippen LogP contribution is 2.29. The number of aromatic nitrogens is 1. The SMILES string of the molecule is O=C(C1CNCCO1)N(Cc1ccncc1)C1CC1. The van der Waals surface area contributed by atoms with Crippen LogP contribution in [-0.4, -0.2) is 47.6 Å². The van der Waals surface area contributed by atoms with Crippen molar-refractivity contribution in [3.8, 4) is 0 Å². The molecule has 2 heterocycles. The van der Waals surface area contributed by atoms with E-state index in [0.717, 1.165) is 24.9 Å².